The molecule has 0 spiro atoms. The number of amides is 1. The summed E-state index contributed by atoms with van der Waals surface area (Å²) in [5.74, 6) is 1.09. The Morgan fingerprint density at radius 3 is 2.46 bits per heavy atom. The summed E-state index contributed by atoms with van der Waals surface area (Å²) in [6.45, 7) is 0.528. The molecule has 1 heterocycles. The van der Waals surface area contributed by atoms with Crippen molar-refractivity contribution in [3.8, 4) is 17.1 Å². The van der Waals surface area contributed by atoms with Crippen LogP contribution < -0.4 is 15.6 Å². The van der Waals surface area contributed by atoms with Gasteiger partial charge in [-0.3, -0.25) is 9.59 Å². The lowest BCUT2D eigenvalue weighted by Crippen LogP contribution is -2.27. The molecular formula is C21H22N4O3. The maximum atomic E-state index is 12.2. The zero-order valence-corrected chi connectivity index (χ0v) is 15.6. The van der Waals surface area contributed by atoms with Crippen molar-refractivity contribution in [1.29, 1.82) is 0 Å². The van der Waals surface area contributed by atoms with Crippen molar-refractivity contribution in [2.45, 2.75) is 19.3 Å². The van der Waals surface area contributed by atoms with Gasteiger partial charge in [0.25, 0.3) is 5.56 Å². The third-order valence-corrected chi connectivity index (χ3v) is 4.30. The van der Waals surface area contributed by atoms with E-state index in [1.54, 1.807) is 7.11 Å². The number of benzene rings is 2. The molecule has 1 aromatic heterocycles. The van der Waals surface area contributed by atoms with E-state index >= 15 is 0 Å². The van der Waals surface area contributed by atoms with E-state index in [0.717, 1.165) is 23.3 Å². The fraction of sp³-hybridized carbons (Fsp3) is 0.238. The summed E-state index contributed by atoms with van der Waals surface area (Å²) in [7, 11) is 1.62. The lowest BCUT2D eigenvalue weighted by atomic mass is 10.1. The van der Waals surface area contributed by atoms with Crippen LogP contribution in [0.1, 0.15) is 17.7 Å². The highest BCUT2D eigenvalue weighted by atomic mass is 16.5. The van der Waals surface area contributed by atoms with Crippen LogP contribution in [0.4, 0.5) is 0 Å². The van der Waals surface area contributed by atoms with Gasteiger partial charge in [-0.2, -0.15) is 0 Å². The Hall–Kier alpha value is -3.48. The number of carbonyl (C=O) groups excluding carboxylic acids is 1. The quantitative estimate of drug-likeness (QED) is 0.626. The van der Waals surface area contributed by atoms with Crippen molar-refractivity contribution >= 4 is 5.91 Å². The lowest BCUT2D eigenvalue weighted by Gasteiger charge is -2.06. The van der Waals surface area contributed by atoms with Gasteiger partial charge in [0.15, 0.2) is 5.82 Å². The molecule has 7 nitrogen and oxygen atoms in total. The van der Waals surface area contributed by atoms with Crippen LogP contribution in [0.2, 0.25) is 0 Å². The molecule has 0 saturated carbocycles. The van der Waals surface area contributed by atoms with Crippen LogP contribution in [0.3, 0.4) is 0 Å². The van der Waals surface area contributed by atoms with Crippen LogP contribution in [0.15, 0.2) is 59.4 Å². The number of hydrogen-bond acceptors (Lipinski definition) is 5. The SMILES string of the molecule is COc1ccc(CCNC(=O)CCc2nnc(-c3ccccc3)[nH]c2=O)cc1. The van der Waals surface area contributed by atoms with Crippen LogP contribution in [0, 0.1) is 0 Å². The second kappa shape index (κ2) is 9.45. The Bertz CT molecular complexity index is 969. The molecule has 3 aromatic rings. The number of H-pyrrole nitrogens is 1. The van der Waals surface area contributed by atoms with Gasteiger partial charge in [-0.1, -0.05) is 42.5 Å². The first kappa shape index (κ1) is 19.3. The number of ether oxygens (including phenoxy) is 1. The molecule has 28 heavy (non-hydrogen) atoms. The van der Waals surface area contributed by atoms with Crippen LogP contribution in [-0.4, -0.2) is 34.7 Å². The molecule has 0 atom stereocenters. The third-order valence-electron chi connectivity index (χ3n) is 4.30. The van der Waals surface area contributed by atoms with E-state index in [2.05, 4.69) is 20.5 Å². The predicted octanol–water partition coefficient (Wildman–Crippen LogP) is 2.13. The van der Waals surface area contributed by atoms with E-state index in [9.17, 15) is 9.59 Å². The molecule has 3 rings (SSSR count). The second-order valence-electron chi connectivity index (χ2n) is 6.26. The maximum Gasteiger partial charge on any atom is 0.273 e. The van der Waals surface area contributed by atoms with Gasteiger partial charge in [-0.15, -0.1) is 10.2 Å². The van der Waals surface area contributed by atoms with Gasteiger partial charge in [0.2, 0.25) is 5.91 Å². The summed E-state index contributed by atoms with van der Waals surface area (Å²) in [5.41, 5.74) is 1.83. The molecule has 0 aliphatic heterocycles. The average Bonchev–Trinajstić information content (AvgIpc) is 2.74. The van der Waals surface area contributed by atoms with Crippen molar-refractivity contribution in [3.63, 3.8) is 0 Å². The summed E-state index contributed by atoms with van der Waals surface area (Å²) in [5, 5.41) is 10.9. The molecule has 0 saturated heterocycles. The molecule has 2 aromatic carbocycles. The number of rotatable bonds is 8. The number of aryl methyl sites for hydroxylation is 1. The number of aromatic nitrogens is 3. The molecule has 0 aliphatic rings. The Morgan fingerprint density at radius 2 is 1.79 bits per heavy atom. The first-order valence-electron chi connectivity index (χ1n) is 9.06. The molecule has 2 N–H and O–H groups in total. The van der Waals surface area contributed by atoms with Gasteiger partial charge in [-0.25, -0.2) is 0 Å². The van der Waals surface area contributed by atoms with Gasteiger partial charge in [0, 0.05) is 24.9 Å². The van der Waals surface area contributed by atoms with Gasteiger partial charge in [0.05, 0.1) is 7.11 Å². The van der Waals surface area contributed by atoms with Crippen molar-refractivity contribution in [2.24, 2.45) is 0 Å². The fourth-order valence-corrected chi connectivity index (χ4v) is 2.71. The largest absolute Gasteiger partial charge is 0.497 e. The standard InChI is InChI=1S/C21H22N4O3/c1-28-17-9-7-15(8-10-17)13-14-22-19(26)12-11-18-21(27)23-20(25-24-18)16-5-3-2-4-6-16/h2-10H,11-14H2,1H3,(H,22,26)(H,23,25,27). The third kappa shape index (κ3) is 5.26. The molecular weight excluding hydrogens is 356 g/mol. The zero-order chi connectivity index (χ0) is 19.8. The van der Waals surface area contributed by atoms with Gasteiger partial charge in [0.1, 0.15) is 11.4 Å². The van der Waals surface area contributed by atoms with Gasteiger partial charge in [-0.05, 0) is 24.1 Å². The summed E-state index contributed by atoms with van der Waals surface area (Å²) in [6.07, 6.45) is 1.15. The first-order chi connectivity index (χ1) is 13.7. The Morgan fingerprint density at radius 1 is 1.04 bits per heavy atom. The molecule has 1 amide bonds. The van der Waals surface area contributed by atoms with E-state index in [1.165, 1.54) is 0 Å². The minimum absolute atomic E-state index is 0.123. The molecule has 0 unspecified atom stereocenters. The molecule has 0 bridgehead atoms. The minimum Gasteiger partial charge on any atom is -0.497 e. The second-order valence-corrected chi connectivity index (χ2v) is 6.26. The number of nitrogens with one attached hydrogen (secondary N) is 2. The molecule has 0 radical (unpaired) electrons. The van der Waals surface area contributed by atoms with Crippen molar-refractivity contribution < 1.29 is 9.53 Å². The van der Waals surface area contributed by atoms with Crippen LogP contribution in [0.5, 0.6) is 5.75 Å². The van der Waals surface area contributed by atoms with Gasteiger partial charge >= 0.3 is 0 Å². The highest BCUT2D eigenvalue weighted by Crippen LogP contribution is 2.12. The zero-order valence-electron chi connectivity index (χ0n) is 15.6. The monoisotopic (exact) mass is 378 g/mol. The molecule has 0 aliphatic carbocycles. The Kier molecular flexibility index (Phi) is 6.51. The smallest absolute Gasteiger partial charge is 0.273 e. The normalized spacial score (nSPS) is 10.5. The first-order valence-corrected chi connectivity index (χ1v) is 9.06. The topological polar surface area (TPSA) is 97.0 Å². The molecule has 7 heteroatoms. The summed E-state index contributed by atoms with van der Waals surface area (Å²) in [6, 6.07) is 17.0. The summed E-state index contributed by atoms with van der Waals surface area (Å²) in [4.78, 5) is 26.9. The van der Waals surface area contributed by atoms with Crippen molar-refractivity contribution in [3.05, 3.63) is 76.2 Å². The minimum atomic E-state index is -0.320. The van der Waals surface area contributed by atoms with E-state index in [-0.39, 0.29) is 30.0 Å². The number of methoxy groups -OCH3 is 1. The van der Waals surface area contributed by atoms with Gasteiger partial charge < -0.3 is 15.0 Å². The van der Waals surface area contributed by atoms with Crippen LogP contribution in [-0.2, 0) is 17.6 Å². The van der Waals surface area contributed by atoms with Crippen molar-refractivity contribution in [1.82, 2.24) is 20.5 Å². The molecule has 0 fully saturated rings. The number of carbonyl (C=O) groups is 1. The average molecular weight is 378 g/mol. The summed E-state index contributed by atoms with van der Waals surface area (Å²) >= 11 is 0. The Balaban J connectivity index is 1.47. The van der Waals surface area contributed by atoms with E-state index in [4.69, 9.17) is 4.74 Å². The molecule has 144 valence electrons. The Labute approximate surface area is 162 Å². The van der Waals surface area contributed by atoms with E-state index < -0.39 is 0 Å². The van der Waals surface area contributed by atoms with Crippen LogP contribution >= 0.6 is 0 Å². The highest BCUT2D eigenvalue weighted by Gasteiger charge is 2.09. The predicted molar refractivity (Wildman–Crippen MR) is 106 cm³/mol. The highest BCUT2D eigenvalue weighted by molar-refractivity contribution is 5.76. The number of aromatic amines is 1. The van der Waals surface area contributed by atoms with E-state index in [0.29, 0.717) is 12.4 Å². The fourth-order valence-electron chi connectivity index (χ4n) is 2.71. The lowest BCUT2D eigenvalue weighted by molar-refractivity contribution is -0.121. The van der Waals surface area contributed by atoms with Crippen LogP contribution in [0.25, 0.3) is 11.4 Å². The van der Waals surface area contributed by atoms with Crippen molar-refractivity contribution in [2.75, 3.05) is 13.7 Å². The number of nitrogens with zero attached hydrogens (tertiary/aromatic N) is 2. The maximum absolute atomic E-state index is 12.2. The van der Waals surface area contributed by atoms with E-state index in [1.807, 2.05) is 54.6 Å². The summed E-state index contributed by atoms with van der Waals surface area (Å²) < 4.78 is 5.12. The number of hydrogen-bond donors (Lipinski definition) is 2.